The summed E-state index contributed by atoms with van der Waals surface area (Å²) in [7, 11) is -3.56. The molecule has 24 heavy (non-hydrogen) atoms. The molecule has 0 saturated heterocycles. The van der Waals surface area contributed by atoms with Crippen molar-refractivity contribution in [3.05, 3.63) is 51.9 Å². The van der Waals surface area contributed by atoms with E-state index in [1.54, 1.807) is 12.1 Å². The third-order valence-electron chi connectivity index (χ3n) is 3.20. The molecule has 0 unspecified atom stereocenters. The van der Waals surface area contributed by atoms with E-state index in [1.165, 1.54) is 18.4 Å². The summed E-state index contributed by atoms with van der Waals surface area (Å²) in [5.74, 6) is -0.000685. The van der Waals surface area contributed by atoms with Crippen LogP contribution < -0.4 is 11.1 Å². The van der Waals surface area contributed by atoms with Gasteiger partial charge >= 0.3 is 5.76 Å². The molecule has 2 aromatic heterocycles. The summed E-state index contributed by atoms with van der Waals surface area (Å²) in [5.41, 5.74) is 0.797. The zero-order chi connectivity index (χ0) is 17.3. The third-order valence-corrected chi connectivity index (χ3v) is 4.76. The summed E-state index contributed by atoms with van der Waals surface area (Å²) in [6, 6.07) is 6.29. The molecule has 0 amide bonds. The van der Waals surface area contributed by atoms with E-state index in [2.05, 4.69) is 20.0 Å². The lowest BCUT2D eigenvalue weighted by Gasteiger charge is -2.12. The van der Waals surface area contributed by atoms with Gasteiger partial charge in [0.05, 0.1) is 22.7 Å². The van der Waals surface area contributed by atoms with Gasteiger partial charge in [0.2, 0.25) is 0 Å². The molecule has 0 fully saturated rings. The van der Waals surface area contributed by atoms with Crippen LogP contribution in [-0.2, 0) is 16.4 Å². The number of rotatable bonds is 5. The predicted molar refractivity (Wildman–Crippen MR) is 86.7 cm³/mol. The summed E-state index contributed by atoms with van der Waals surface area (Å²) in [4.78, 5) is 13.5. The fraction of sp³-hybridized carbons (Fsp3) is 0.143. The number of benzene rings is 1. The maximum atomic E-state index is 11.9. The second-order valence-electron chi connectivity index (χ2n) is 4.98. The minimum absolute atomic E-state index is 0.0500. The number of anilines is 1. The molecule has 10 heteroatoms. The van der Waals surface area contributed by atoms with Gasteiger partial charge in [0, 0.05) is 17.5 Å². The molecule has 0 bridgehead atoms. The summed E-state index contributed by atoms with van der Waals surface area (Å²) in [5, 5.41) is 6.72. The largest absolute Gasteiger partial charge is 0.467 e. The standard InChI is InChI=1S/C14H12ClN3O5S/c1-24(20,21)12-5-9(13-17-14(19)23-18-13)11(6-10(12)15)16-7-8-3-2-4-22-8/h2-6,16H,7H2,1H3,(H,17,18,19). The molecule has 3 aromatic rings. The first-order chi connectivity index (χ1) is 11.3. The number of sulfone groups is 1. The van der Waals surface area contributed by atoms with E-state index in [4.69, 9.17) is 16.0 Å². The predicted octanol–water partition coefficient (Wildman–Crippen LogP) is 2.29. The molecule has 0 radical (unpaired) electrons. The lowest BCUT2D eigenvalue weighted by Crippen LogP contribution is -2.05. The van der Waals surface area contributed by atoms with Gasteiger partial charge in [0.15, 0.2) is 15.7 Å². The second-order valence-corrected chi connectivity index (χ2v) is 7.37. The Morgan fingerprint density at radius 1 is 1.38 bits per heavy atom. The molecule has 0 aliphatic rings. The van der Waals surface area contributed by atoms with E-state index >= 15 is 0 Å². The van der Waals surface area contributed by atoms with E-state index in [0.29, 0.717) is 23.6 Å². The Kier molecular flexibility index (Phi) is 4.20. The van der Waals surface area contributed by atoms with Crippen molar-refractivity contribution in [3.63, 3.8) is 0 Å². The summed E-state index contributed by atoms with van der Waals surface area (Å²) < 4.78 is 33.4. The van der Waals surface area contributed by atoms with Crippen molar-refractivity contribution in [1.82, 2.24) is 10.1 Å². The Morgan fingerprint density at radius 3 is 2.75 bits per heavy atom. The van der Waals surface area contributed by atoms with Crippen LogP contribution in [0.5, 0.6) is 0 Å². The quantitative estimate of drug-likeness (QED) is 0.708. The first kappa shape index (κ1) is 16.3. The Hall–Kier alpha value is -2.52. The van der Waals surface area contributed by atoms with Gasteiger partial charge in [0.25, 0.3) is 0 Å². The molecule has 0 aliphatic heterocycles. The molecule has 8 nitrogen and oxygen atoms in total. The summed E-state index contributed by atoms with van der Waals surface area (Å²) in [6.45, 7) is 0.330. The van der Waals surface area contributed by atoms with E-state index in [1.807, 2.05) is 0 Å². The van der Waals surface area contributed by atoms with Crippen molar-refractivity contribution < 1.29 is 17.4 Å². The van der Waals surface area contributed by atoms with Crippen LogP contribution in [0.4, 0.5) is 5.69 Å². The number of nitrogens with zero attached hydrogens (tertiary/aromatic N) is 1. The Morgan fingerprint density at radius 2 is 2.17 bits per heavy atom. The van der Waals surface area contributed by atoms with Gasteiger partial charge in [-0.25, -0.2) is 13.2 Å². The van der Waals surface area contributed by atoms with Crippen molar-refractivity contribution in [2.75, 3.05) is 11.6 Å². The van der Waals surface area contributed by atoms with Gasteiger partial charge < -0.3 is 9.73 Å². The number of furan rings is 1. The second kappa shape index (κ2) is 6.17. The number of aromatic nitrogens is 2. The maximum absolute atomic E-state index is 11.9. The molecule has 2 heterocycles. The molecular weight excluding hydrogens is 358 g/mol. The van der Waals surface area contributed by atoms with Crippen LogP contribution in [0, 0.1) is 0 Å². The van der Waals surface area contributed by atoms with Gasteiger partial charge in [0.1, 0.15) is 5.76 Å². The highest BCUT2D eigenvalue weighted by atomic mass is 35.5. The highest BCUT2D eigenvalue weighted by molar-refractivity contribution is 7.90. The molecular formula is C14H12ClN3O5S. The topological polar surface area (TPSA) is 118 Å². The first-order valence-electron chi connectivity index (χ1n) is 6.71. The molecule has 126 valence electrons. The van der Waals surface area contributed by atoms with Crippen molar-refractivity contribution >= 4 is 27.1 Å². The van der Waals surface area contributed by atoms with Crippen molar-refractivity contribution in [1.29, 1.82) is 0 Å². The van der Waals surface area contributed by atoms with Crippen LogP contribution in [0.2, 0.25) is 5.02 Å². The van der Waals surface area contributed by atoms with Gasteiger partial charge in [-0.3, -0.25) is 9.51 Å². The molecule has 0 aliphatic carbocycles. The normalized spacial score (nSPS) is 11.6. The average molecular weight is 370 g/mol. The van der Waals surface area contributed by atoms with Gasteiger partial charge in [-0.05, 0) is 24.3 Å². The Labute approximate surface area is 141 Å². The number of halogens is 1. The Bertz CT molecular complexity index is 1020. The zero-order valence-corrected chi connectivity index (χ0v) is 13.9. The smallest absolute Gasteiger partial charge is 0.439 e. The fourth-order valence-electron chi connectivity index (χ4n) is 2.12. The molecule has 0 saturated carbocycles. The molecule has 0 atom stereocenters. The number of hydrogen-bond donors (Lipinski definition) is 2. The molecule has 0 spiro atoms. The van der Waals surface area contributed by atoms with Crippen LogP contribution in [0.3, 0.4) is 0 Å². The minimum atomic E-state index is -3.56. The first-order valence-corrected chi connectivity index (χ1v) is 8.98. The number of hydrogen-bond acceptors (Lipinski definition) is 7. The van der Waals surface area contributed by atoms with E-state index < -0.39 is 15.6 Å². The van der Waals surface area contributed by atoms with Crippen LogP contribution in [-0.4, -0.2) is 24.8 Å². The number of aromatic amines is 1. The highest BCUT2D eigenvalue weighted by Gasteiger charge is 2.19. The average Bonchev–Trinajstić information content (AvgIpc) is 3.15. The monoisotopic (exact) mass is 369 g/mol. The number of H-pyrrole nitrogens is 1. The summed E-state index contributed by atoms with van der Waals surface area (Å²) in [6.07, 6.45) is 2.58. The zero-order valence-electron chi connectivity index (χ0n) is 12.4. The fourth-order valence-corrected chi connectivity index (χ4v) is 3.45. The maximum Gasteiger partial charge on any atom is 0.439 e. The van der Waals surface area contributed by atoms with Crippen molar-refractivity contribution in [2.45, 2.75) is 11.4 Å². The lowest BCUT2D eigenvalue weighted by atomic mass is 10.1. The SMILES string of the molecule is CS(=O)(=O)c1cc(-c2noc(=O)[nH]2)c(NCc2ccco2)cc1Cl. The minimum Gasteiger partial charge on any atom is -0.467 e. The van der Waals surface area contributed by atoms with E-state index in [0.717, 1.165) is 6.26 Å². The molecule has 1 aromatic carbocycles. The Balaban J connectivity index is 2.09. The lowest BCUT2D eigenvalue weighted by molar-refractivity contribution is 0.388. The molecule has 3 rings (SSSR count). The van der Waals surface area contributed by atoms with Crippen molar-refractivity contribution in [3.8, 4) is 11.4 Å². The summed E-state index contributed by atoms with van der Waals surface area (Å²) >= 11 is 6.08. The highest BCUT2D eigenvalue weighted by Crippen LogP contribution is 2.34. The van der Waals surface area contributed by atoms with E-state index in [-0.39, 0.29) is 15.7 Å². The van der Waals surface area contributed by atoms with Crippen LogP contribution >= 0.6 is 11.6 Å². The van der Waals surface area contributed by atoms with Gasteiger partial charge in [-0.2, -0.15) is 0 Å². The number of nitrogens with one attached hydrogen (secondary N) is 2. The van der Waals surface area contributed by atoms with Crippen LogP contribution in [0.15, 0.2) is 49.2 Å². The van der Waals surface area contributed by atoms with Gasteiger partial charge in [-0.1, -0.05) is 16.8 Å². The van der Waals surface area contributed by atoms with Crippen molar-refractivity contribution in [2.24, 2.45) is 0 Å². The van der Waals surface area contributed by atoms with Crippen LogP contribution in [0.1, 0.15) is 5.76 Å². The third kappa shape index (κ3) is 3.36. The van der Waals surface area contributed by atoms with E-state index in [9.17, 15) is 13.2 Å². The van der Waals surface area contributed by atoms with Crippen LogP contribution in [0.25, 0.3) is 11.4 Å². The molecule has 2 N–H and O–H groups in total. The van der Waals surface area contributed by atoms with Gasteiger partial charge in [-0.15, -0.1) is 0 Å².